The molecule has 0 aromatic heterocycles. The van der Waals surface area contributed by atoms with Crippen LogP contribution in [0.15, 0.2) is 24.3 Å². The van der Waals surface area contributed by atoms with E-state index in [1.807, 2.05) is 29.2 Å². The molecule has 0 aliphatic carbocycles. The van der Waals surface area contributed by atoms with Gasteiger partial charge in [-0.15, -0.1) is 0 Å². The van der Waals surface area contributed by atoms with Crippen molar-refractivity contribution in [1.29, 1.82) is 0 Å². The van der Waals surface area contributed by atoms with Crippen molar-refractivity contribution in [2.24, 2.45) is 0 Å². The standard InChI is InChI=1S/C17H24N4O3/c1-24-15-6-3-2-5-14(15)19-9-11-20(12-10-19)16(22)13-21-8-4-7-18-17(21)23/h2-3,5-6H,4,7-13H2,1H3,(H,18,23). The molecule has 1 aromatic rings. The number of rotatable bonds is 4. The Morgan fingerprint density at radius 3 is 2.62 bits per heavy atom. The minimum atomic E-state index is -0.137. The summed E-state index contributed by atoms with van der Waals surface area (Å²) in [6, 6.07) is 7.79. The van der Waals surface area contributed by atoms with Crippen molar-refractivity contribution < 1.29 is 14.3 Å². The Labute approximate surface area is 142 Å². The zero-order valence-electron chi connectivity index (χ0n) is 14.0. The van der Waals surface area contributed by atoms with Crippen molar-refractivity contribution in [3.05, 3.63) is 24.3 Å². The fourth-order valence-electron chi connectivity index (χ4n) is 3.18. The van der Waals surface area contributed by atoms with E-state index in [-0.39, 0.29) is 18.5 Å². The lowest BCUT2D eigenvalue weighted by Gasteiger charge is -2.37. The van der Waals surface area contributed by atoms with Crippen LogP contribution in [0.5, 0.6) is 5.75 Å². The summed E-state index contributed by atoms with van der Waals surface area (Å²) in [5, 5.41) is 2.78. The molecular formula is C17H24N4O3. The minimum Gasteiger partial charge on any atom is -0.495 e. The fraction of sp³-hybridized carbons (Fsp3) is 0.529. The van der Waals surface area contributed by atoms with E-state index in [4.69, 9.17) is 4.74 Å². The molecule has 0 unspecified atom stereocenters. The summed E-state index contributed by atoms with van der Waals surface area (Å²) in [4.78, 5) is 29.9. The highest BCUT2D eigenvalue weighted by Crippen LogP contribution is 2.28. The summed E-state index contributed by atoms with van der Waals surface area (Å²) >= 11 is 0. The molecule has 2 aliphatic rings. The van der Waals surface area contributed by atoms with Crippen LogP contribution in [0, 0.1) is 0 Å². The van der Waals surface area contributed by atoms with Gasteiger partial charge in [0, 0.05) is 39.3 Å². The zero-order chi connectivity index (χ0) is 16.9. The smallest absolute Gasteiger partial charge is 0.317 e. The molecule has 24 heavy (non-hydrogen) atoms. The molecule has 7 nitrogen and oxygen atoms in total. The number of hydrogen-bond acceptors (Lipinski definition) is 4. The van der Waals surface area contributed by atoms with Gasteiger partial charge in [0.05, 0.1) is 12.8 Å². The summed E-state index contributed by atoms with van der Waals surface area (Å²) in [6.07, 6.45) is 0.889. The highest BCUT2D eigenvalue weighted by molar-refractivity contribution is 5.84. The molecule has 3 amide bonds. The van der Waals surface area contributed by atoms with E-state index in [0.717, 1.165) is 30.9 Å². The molecule has 0 spiro atoms. The lowest BCUT2D eigenvalue weighted by molar-refractivity contribution is -0.132. The first-order valence-electron chi connectivity index (χ1n) is 8.37. The van der Waals surface area contributed by atoms with Gasteiger partial charge in [0.25, 0.3) is 0 Å². The van der Waals surface area contributed by atoms with Crippen LogP contribution in [-0.2, 0) is 4.79 Å². The quantitative estimate of drug-likeness (QED) is 0.884. The van der Waals surface area contributed by atoms with E-state index in [1.165, 1.54) is 0 Å². The Kier molecular flexibility index (Phi) is 5.08. The van der Waals surface area contributed by atoms with Crippen molar-refractivity contribution in [3.8, 4) is 5.75 Å². The van der Waals surface area contributed by atoms with Crippen LogP contribution in [0.25, 0.3) is 0 Å². The second-order valence-corrected chi connectivity index (χ2v) is 6.05. The van der Waals surface area contributed by atoms with Crippen LogP contribution in [0.3, 0.4) is 0 Å². The number of carbonyl (C=O) groups is 2. The Balaban J connectivity index is 1.54. The highest BCUT2D eigenvalue weighted by atomic mass is 16.5. The van der Waals surface area contributed by atoms with Gasteiger partial charge in [-0.25, -0.2) is 4.79 Å². The third-order valence-corrected chi connectivity index (χ3v) is 4.55. The predicted molar refractivity (Wildman–Crippen MR) is 91.4 cm³/mol. The molecule has 0 bridgehead atoms. The van der Waals surface area contributed by atoms with Gasteiger partial charge in [0.2, 0.25) is 5.91 Å². The first-order chi connectivity index (χ1) is 11.7. The van der Waals surface area contributed by atoms with Crippen molar-refractivity contribution in [3.63, 3.8) is 0 Å². The second-order valence-electron chi connectivity index (χ2n) is 6.05. The van der Waals surface area contributed by atoms with E-state index in [2.05, 4.69) is 10.2 Å². The molecule has 2 heterocycles. The topological polar surface area (TPSA) is 65.1 Å². The van der Waals surface area contributed by atoms with Gasteiger partial charge in [0.15, 0.2) is 0 Å². The van der Waals surface area contributed by atoms with Crippen molar-refractivity contribution in [1.82, 2.24) is 15.1 Å². The maximum atomic E-state index is 12.4. The molecule has 130 valence electrons. The fourth-order valence-corrected chi connectivity index (χ4v) is 3.18. The molecule has 2 saturated heterocycles. The molecular weight excluding hydrogens is 308 g/mol. The Hall–Kier alpha value is -2.44. The maximum absolute atomic E-state index is 12.4. The number of urea groups is 1. The molecule has 0 atom stereocenters. The lowest BCUT2D eigenvalue weighted by atomic mass is 10.2. The van der Waals surface area contributed by atoms with Crippen molar-refractivity contribution in [2.45, 2.75) is 6.42 Å². The number of para-hydroxylation sites is 2. The number of benzene rings is 1. The van der Waals surface area contributed by atoms with Crippen LogP contribution in [-0.4, -0.2) is 74.7 Å². The number of hydrogen-bond donors (Lipinski definition) is 1. The average molecular weight is 332 g/mol. The van der Waals surface area contributed by atoms with Gasteiger partial charge < -0.3 is 24.8 Å². The number of nitrogens with one attached hydrogen (secondary N) is 1. The van der Waals surface area contributed by atoms with Gasteiger partial charge in [-0.3, -0.25) is 4.79 Å². The Morgan fingerprint density at radius 2 is 1.92 bits per heavy atom. The highest BCUT2D eigenvalue weighted by Gasteiger charge is 2.26. The normalized spacial score (nSPS) is 18.4. The van der Waals surface area contributed by atoms with Gasteiger partial charge >= 0.3 is 6.03 Å². The third-order valence-electron chi connectivity index (χ3n) is 4.55. The van der Waals surface area contributed by atoms with Gasteiger partial charge in [-0.05, 0) is 18.6 Å². The first-order valence-corrected chi connectivity index (χ1v) is 8.37. The molecule has 1 aromatic carbocycles. The number of nitrogens with zero attached hydrogens (tertiary/aromatic N) is 3. The predicted octanol–water partition coefficient (Wildman–Crippen LogP) is 0.759. The summed E-state index contributed by atoms with van der Waals surface area (Å²) in [6.45, 7) is 4.36. The Morgan fingerprint density at radius 1 is 1.17 bits per heavy atom. The first kappa shape index (κ1) is 16.4. The molecule has 7 heteroatoms. The summed E-state index contributed by atoms with van der Waals surface area (Å²) in [5.74, 6) is 0.869. The van der Waals surface area contributed by atoms with E-state index < -0.39 is 0 Å². The number of amides is 3. The molecule has 2 aliphatic heterocycles. The molecule has 0 saturated carbocycles. The molecule has 1 N–H and O–H groups in total. The van der Waals surface area contributed by atoms with Crippen LogP contribution >= 0.6 is 0 Å². The number of methoxy groups -OCH3 is 1. The number of anilines is 1. The van der Waals surface area contributed by atoms with Crippen LogP contribution in [0.2, 0.25) is 0 Å². The number of piperazine rings is 1. The minimum absolute atomic E-state index is 0.0201. The lowest BCUT2D eigenvalue weighted by Crippen LogP contribution is -2.54. The molecule has 2 fully saturated rings. The van der Waals surface area contributed by atoms with Crippen molar-refractivity contribution >= 4 is 17.6 Å². The monoisotopic (exact) mass is 332 g/mol. The summed E-state index contributed by atoms with van der Waals surface area (Å²) in [7, 11) is 1.67. The number of carbonyl (C=O) groups excluding carboxylic acids is 2. The van der Waals surface area contributed by atoms with Gasteiger partial charge in [-0.2, -0.15) is 0 Å². The number of ether oxygens (including phenoxy) is 1. The molecule has 0 radical (unpaired) electrons. The SMILES string of the molecule is COc1ccccc1N1CCN(C(=O)CN2CCCNC2=O)CC1. The second kappa shape index (κ2) is 7.42. The summed E-state index contributed by atoms with van der Waals surface area (Å²) < 4.78 is 5.41. The molecule has 3 rings (SSSR count). The van der Waals surface area contributed by atoms with Crippen LogP contribution in [0.1, 0.15) is 6.42 Å². The van der Waals surface area contributed by atoms with Crippen LogP contribution in [0.4, 0.5) is 10.5 Å². The van der Waals surface area contributed by atoms with E-state index in [0.29, 0.717) is 26.2 Å². The van der Waals surface area contributed by atoms with E-state index in [9.17, 15) is 9.59 Å². The zero-order valence-corrected chi connectivity index (χ0v) is 14.0. The van der Waals surface area contributed by atoms with E-state index >= 15 is 0 Å². The van der Waals surface area contributed by atoms with Gasteiger partial charge in [-0.1, -0.05) is 12.1 Å². The summed E-state index contributed by atoms with van der Waals surface area (Å²) in [5.41, 5.74) is 1.06. The Bertz CT molecular complexity index is 599. The maximum Gasteiger partial charge on any atom is 0.317 e. The average Bonchev–Trinajstić information content (AvgIpc) is 2.63. The van der Waals surface area contributed by atoms with Crippen molar-refractivity contribution in [2.75, 3.05) is 57.8 Å². The van der Waals surface area contributed by atoms with Gasteiger partial charge in [0.1, 0.15) is 12.3 Å². The van der Waals surface area contributed by atoms with Crippen LogP contribution < -0.4 is 15.0 Å². The van der Waals surface area contributed by atoms with E-state index in [1.54, 1.807) is 12.0 Å². The largest absolute Gasteiger partial charge is 0.495 e. The third kappa shape index (κ3) is 3.55.